The maximum atomic E-state index is 4.57. The van der Waals surface area contributed by atoms with Crippen molar-refractivity contribution in [3.05, 3.63) is 78.4 Å². The topological polar surface area (TPSA) is 43.6 Å². The Balaban J connectivity index is 1.75. The van der Waals surface area contributed by atoms with Gasteiger partial charge in [-0.2, -0.15) is 0 Å². The van der Waals surface area contributed by atoms with Crippen molar-refractivity contribution in [1.29, 1.82) is 0 Å². The molecule has 0 atom stereocenters. The number of rotatable bonds is 4. The van der Waals surface area contributed by atoms with Gasteiger partial charge in [0.05, 0.1) is 12.9 Å². The fraction of sp³-hybridized carbons (Fsp3) is 0.150. The molecule has 0 spiro atoms. The van der Waals surface area contributed by atoms with Gasteiger partial charge in [0.2, 0.25) is 0 Å². The molecule has 2 heterocycles. The maximum Gasteiger partial charge on any atom is 0.164 e. The van der Waals surface area contributed by atoms with Crippen molar-refractivity contribution >= 4 is 11.2 Å². The lowest BCUT2D eigenvalue weighted by Crippen LogP contribution is -1.99. The molecule has 4 nitrogen and oxygen atoms in total. The van der Waals surface area contributed by atoms with Gasteiger partial charge in [0.25, 0.3) is 0 Å². The molecular weight excluding hydrogens is 296 g/mol. The third-order valence-electron chi connectivity index (χ3n) is 4.23. The second-order valence-electron chi connectivity index (χ2n) is 5.80. The first-order valence-corrected chi connectivity index (χ1v) is 8.14. The molecule has 0 bridgehead atoms. The van der Waals surface area contributed by atoms with E-state index in [0.29, 0.717) is 0 Å². The normalized spacial score (nSPS) is 11.0. The summed E-state index contributed by atoms with van der Waals surface area (Å²) in [5, 5.41) is 0. The molecule has 4 aromatic rings. The Bertz CT molecular complexity index is 956. The van der Waals surface area contributed by atoms with Crippen LogP contribution in [-0.4, -0.2) is 19.5 Å². The molecule has 118 valence electrons. The third kappa shape index (κ3) is 2.67. The van der Waals surface area contributed by atoms with Crippen LogP contribution in [0.2, 0.25) is 0 Å². The Morgan fingerprint density at radius 3 is 2.38 bits per heavy atom. The van der Waals surface area contributed by atoms with E-state index in [1.807, 2.05) is 24.5 Å². The molecule has 0 aliphatic heterocycles. The van der Waals surface area contributed by atoms with Gasteiger partial charge in [0, 0.05) is 5.56 Å². The average molecular weight is 314 g/mol. The summed E-state index contributed by atoms with van der Waals surface area (Å²) in [5.41, 5.74) is 6.21. The molecule has 0 aliphatic rings. The fourth-order valence-electron chi connectivity index (χ4n) is 2.89. The van der Waals surface area contributed by atoms with E-state index in [4.69, 9.17) is 0 Å². The van der Waals surface area contributed by atoms with E-state index in [9.17, 15) is 0 Å². The summed E-state index contributed by atoms with van der Waals surface area (Å²) >= 11 is 0. The van der Waals surface area contributed by atoms with Crippen molar-refractivity contribution < 1.29 is 0 Å². The van der Waals surface area contributed by atoms with Crippen molar-refractivity contribution in [2.75, 3.05) is 0 Å². The molecule has 4 heteroatoms. The van der Waals surface area contributed by atoms with Crippen molar-refractivity contribution in [2.45, 2.75) is 19.9 Å². The van der Waals surface area contributed by atoms with E-state index in [0.717, 1.165) is 35.4 Å². The molecule has 0 radical (unpaired) electrons. The minimum absolute atomic E-state index is 0.753. The van der Waals surface area contributed by atoms with Gasteiger partial charge in [-0.25, -0.2) is 15.0 Å². The summed E-state index contributed by atoms with van der Waals surface area (Å²) in [7, 11) is 0. The van der Waals surface area contributed by atoms with Crippen molar-refractivity contribution in [3.63, 3.8) is 0 Å². The highest BCUT2D eigenvalue weighted by Gasteiger charge is 2.12. The number of aromatic nitrogens is 4. The van der Waals surface area contributed by atoms with Crippen molar-refractivity contribution in [2.24, 2.45) is 0 Å². The zero-order valence-corrected chi connectivity index (χ0v) is 13.6. The molecule has 0 aliphatic carbocycles. The van der Waals surface area contributed by atoms with Gasteiger partial charge in [0.1, 0.15) is 17.5 Å². The van der Waals surface area contributed by atoms with Gasteiger partial charge < -0.3 is 4.57 Å². The van der Waals surface area contributed by atoms with Gasteiger partial charge in [-0.3, -0.25) is 0 Å². The minimum atomic E-state index is 0.753. The Morgan fingerprint density at radius 1 is 0.833 bits per heavy atom. The van der Waals surface area contributed by atoms with Crippen molar-refractivity contribution in [1.82, 2.24) is 19.5 Å². The SMILES string of the molecule is CCc1ccc(-c2ncnc3c2ncn3Cc2ccccc2)cc1. The fourth-order valence-corrected chi connectivity index (χ4v) is 2.89. The van der Waals surface area contributed by atoms with Crippen LogP contribution < -0.4 is 0 Å². The van der Waals surface area contributed by atoms with E-state index < -0.39 is 0 Å². The highest BCUT2D eigenvalue weighted by Crippen LogP contribution is 2.25. The largest absolute Gasteiger partial charge is 0.311 e. The Labute approximate surface area is 140 Å². The minimum Gasteiger partial charge on any atom is -0.311 e. The smallest absolute Gasteiger partial charge is 0.164 e. The highest BCUT2D eigenvalue weighted by molar-refractivity contribution is 5.87. The highest BCUT2D eigenvalue weighted by atomic mass is 15.1. The summed E-state index contributed by atoms with van der Waals surface area (Å²) in [6.07, 6.45) is 4.50. The molecule has 0 amide bonds. The average Bonchev–Trinajstić information content (AvgIpc) is 3.06. The van der Waals surface area contributed by atoms with Crippen molar-refractivity contribution in [3.8, 4) is 11.3 Å². The van der Waals surface area contributed by atoms with Crippen LogP contribution in [0.5, 0.6) is 0 Å². The third-order valence-corrected chi connectivity index (χ3v) is 4.23. The molecule has 0 saturated heterocycles. The molecule has 24 heavy (non-hydrogen) atoms. The summed E-state index contributed by atoms with van der Waals surface area (Å²) in [6.45, 7) is 2.91. The van der Waals surface area contributed by atoms with Crippen LogP contribution in [-0.2, 0) is 13.0 Å². The van der Waals surface area contributed by atoms with Crippen LogP contribution >= 0.6 is 0 Å². The number of hydrogen-bond acceptors (Lipinski definition) is 3. The number of aryl methyl sites for hydroxylation is 1. The van der Waals surface area contributed by atoms with E-state index in [1.165, 1.54) is 11.1 Å². The standard InChI is InChI=1S/C20H18N4/c1-2-15-8-10-17(11-9-15)18-19-20(22-13-21-18)24(14-23-19)12-16-6-4-3-5-7-16/h3-11,13-14H,2,12H2,1H3. The molecule has 2 aromatic carbocycles. The predicted molar refractivity (Wildman–Crippen MR) is 95.7 cm³/mol. The first-order valence-electron chi connectivity index (χ1n) is 8.14. The Morgan fingerprint density at radius 2 is 1.62 bits per heavy atom. The molecule has 2 aromatic heterocycles. The second kappa shape index (κ2) is 6.24. The van der Waals surface area contributed by atoms with Crippen LogP contribution in [0.1, 0.15) is 18.1 Å². The molecule has 0 fully saturated rings. The van der Waals surface area contributed by atoms with E-state index >= 15 is 0 Å². The second-order valence-corrected chi connectivity index (χ2v) is 5.80. The van der Waals surface area contributed by atoms with Gasteiger partial charge in [0.15, 0.2) is 5.65 Å². The lowest BCUT2D eigenvalue weighted by atomic mass is 10.1. The van der Waals surface area contributed by atoms with Crippen LogP contribution in [0.3, 0.4) is 0 Å². The molecule has 4 rings (SSSR count). The van der Waals surface area contributed by atoms with Crippen LogP contribution in [0.4, 0.5) is 0 Å². The summed E-state index contributed by atoms with van der Waals surface area (Å²) < 4.78 is 2.07. The first-order chi connectivity index (χ1) is 11.8. The van der Waals surface area contributed by atoms with Crippen LogP contribution in [0, 0.1) is 0 Å². The number of fused-ring (bicyclic) bond motifs is 1. The van der Waals surface area contributed by atoms with E-state index in [1.54, 1.807) is 6.33 Å². The zero-order valence-electron chi connectivity index (χ0n) is 13.6. The Hall–Kier alpha value is -3.01. The van der Waals surface area contributed by atoms with Gasteiger partial charge in [-0.15, -0.1) is 0 Å². The number of benzene rings is 2. The molecule has 0 saturated carbocycles. The van der Waals surface area contributed by atoms with E-state index in [2.05, 4.69) is 62.8 Å². The number of imidazole rings is 1. The summed E-state index contributed by atoms with van der Waals surface area (Å²) in [4.78, 5) is 13.5. The lowest BCUT2D eigenvalue weighted by molar-refractivity contribution is 0.813. The lowest BCUT2D eigenvalue weighted by Gasteiger charge is -2.05. The molecule has 0 unspecified atom stereocenters. The molecule has 0 N–H and O–H groups in total. The molecular formula is C20H18N4. The quantitative estimate of drug-likeness (QED) is 0.569. The summed E-state index contributed by atoms with van der Waals surface area (Å²) in [6, 6.07) is 18.8. The van der Waals surface area contributed by atoms with Crippen LogP contribution in [0.25, 0.3) is 22.4 Å². The maximum absolute atomic E-state index is 4.57. The van der Waals surface area contributed by atoms with Gasteiger partial charge >= 0.3 is 0 Å². The predicted octanol–water partition coefficient (Wildman–Crippen LogP) is 4.10. The van der Waals surface area contributed by atoms with Crippen LogP contribution in [0.15, 0.2) is 67.3 Å². The monoisotopic (exact) mass is 314 g/mol. The zero-order chi connectivity index (χ0) is 16.4. The number of hydrogen-bond donors (Lipinski definition) is 0. The number of nitrogens with zero attached hydrogens (tertiary/aromatic N) is 4. The van der Waals surface area contributed by atoms with Gasteiger partial charge in [-0.1, -0.05) is 61.5 Å². The first kappa shape index (κ1) is 14.6. The summed E-state index contributed by atoms with van der Waals surface area (Å²) in [5.74, 6) is 0. The Kier molecular flexibility index (Phi) is 3.79. The van der Waals surface area contributed by atoms with Gasteiger partial charge in [-0.05, 0) is 17.5 Å². The van der Waals surface area contributed by atoms with E-state index in [-0.39, 0.29) is 0 Å².